The minimum absolute atomic E-state index is 0. The number of hydrogen-bond acceptors (Lipinski definition) is 0. The summed E-state index contributed by atoms with van der Waals surface area (Å²) in [4.78, 5) is 0. The third kappa shape index (κ3) is 3.98. The Hall–Kier alpha value is -0.950. The fourth-order valence-electron chi connectivity index (χ4n) is 4.23. The van der Waals surface area contributed by atoms with Gasteiger partial charge < -0.3 is 0 Å². The molecule has 0 N–H and O–H groups in total. The molecule has 3 aromatic carbocycles. The van der Waals surface area contributed by atoms with E-state index in [1.807, 2.05) is 0 Å². The number of hydrogen-bond donors (Lipinski definition) is 0. The van der Waals surface area contributed by atoms with Gasteiger partial charge in [-0.25, -0.2) is 0 Å². The zero-order valence-corrected chi connectivity index (χ0v) is 20.9. The van der Waals surface area contributed by atoms with Crippen LogP contribution in [0.25, 0.3) is 10.8 Å². The van der Waals surface area contributed by atoms with E-state index < -0.39 is 0 Å². The van der Waals surface area contributed by atoms with Crippen LogP contribution in [0.15, 0.2) is 24.3 Å². The van der Waals surface area contributed by atoms with Gasteiger partial charge in [0, 0.05) is 25.8 Å². The van der Waals surface area contributed by atoms with Crippen LogP contribution in [-0.4, -0.2) is 0 Å². The standard InChI is InChI=1S/C15H17.C10H15.Hf/c1-2-4-11-7-8-14-9-12-5-3-6-13(12)10-15(11)14;1-6-7(2)9(4)10(5)8(6)3;/h7-10H,2-6H2,1H3;1-5H3;/q2*-1;. The predicted molar refractivity (Wildman–Crippen MR) is 111 cm³/mol. The summed E-state index contributed by atoms with van der Waals surface area (Å²) in [5.74, 6) is 0. The van der Waals surface area contributed by atoms with Crippen LogP contribution in [0.5, 0.6) is 0 Å². The number of fused-ring (bicyclic) bond motifs is 2. The molecule has 4 rings (SSSR count). The van der Waals surface area contributed by atoms with Crippen LogP contribution in [0.4, 0.5) is 0 Å². The number of benzene rings is 1. The van der Waals surface area contributed by atoms with Crippen molar-refractivity contribution in [2.75, 3.05) is 0 Å². The zero-order valence-electron chi connectivity index (χ0n) is 17.3. The van der Waals surface area contributed by atoms with Crippen LogP contribution in [0.1, 0.15) is 64.3 Å². The summed E-state index contributed by atoms with van der Waals surface area (Å²) in [6, 6.07) is 9.46. The maximum atomic E-state index is 2.45. The van der Waals surface area contributed by atoms with Crippen molar-refractivity contribution in [1.29, 1.82) is 0 Å². The molecule has 1 aliphatic carbocycles. The Morgan fingerprint density at radius 1 is 0.923 bits per heavy atom. The maximum absolute atomic E-state index is 2.45. The summed E-state index contributed by atoms with van der Waals surface area (Å²) in [7, 11) is 0. The van der Waals surface area contributed by atoms with Crippen molar-refractivity contribution in [2.45, 2.75) is 73.6 Å². The van der Waals surface area contributed by atoms with Crippen LogP contribution < -0.4 is 0 Å². The van der Waals surface area contributed by atoms with Gasteiger partial charge in [-0.05, 0) is 19.3 Å². The van der Waals surface area contributed by atoms with Gasteiger partial charge in [0.15, 0.2) is 0 Å². The largest absolute Gasteiger partial charge is 0.196 e. The third-order valence-corrected chi connectivity index (χ3v) is 6.41. The number of rotatable bonds is 2. The van der Waals surface area contributed by atoms with Gasteiger partial charge in [0.05, 0.1) is 0 Å². The van der Waals surface area contributed by atoms with Gasteiger partial charge >= 0.3 is 0 Å². The molecular formula is C25H32Hf-2. The summed E-state index contributed by atoms with van der Waals surface area (Å²) < 4.78 is 0. The smallest absolute Gasteiger partial charge is 0 e. The monoisotopic (exact) mass is 512 g/mol. The molecule has 0 fully saturated rings. The van der Waals surface area contributed by atoms with E-state index in [0.717, 1.165) is 0 Å². The zero-order chi connectivity index (χ0) is 18.1. The van der Waals surface area contributed by atoms with E-state index in [-0.39, 0.29) is 25.8 Å². The molecule has 1 heteroatoms. The number of aryl methyl sites for hydroxylation is 3. The second kappa shape index (κ2) is 8.83. The summed E-state index contributed by atoms with van der Waals surface area (Å²) >= 11 is 0. The van der Waals surface area contributed by atoms with Crippen molar-refractivity contribution < 1.29 is 25.8 Å². The minimum Gasteiger partial charge on any atom is -0.196 e. The summed E-state index contributed by atoms with van der Waals surface area (Å²) in [5.41, 5.74) is 12.1. The molecule has 3 aromatic rings. The Kier molecular flexibility index (Phi) is 7.25. The Labute approximate surface area is 178 Å². The van der Waals surface area contributed by atoms with Crippen LogP contribution in [-0.2, 0) is 45.1 Å². The van der Waals surface area contributed by atoms with Gasteiger partial charge in [0.1, 0.15) is 0 Å². The van der Waals surface area contributed by atoms with Crippen LogP contribution >= 0.6 is 0 Å². The van der Waals surface area contributed by atoms with Crippen LogP contribution in [0, 0.1) is 34.6 Å². The first-order valence-electron chi connectivity index (χ1n) is 9.83. The van der Waals surface area contributed by atoms with Gasteiger partial charge in [-0.2, -0.15) is 33.9 Å². The van der Waals surface area contributed by atoms with E-state index in [2.05, 4.69) is 65.8 Å². The Bertz CT molecular complexity index is 809. The molecule has 138 valence electrons. The molecule has 0 aromatic heterocycles. The minimum atomic E-state index is 0. The van der Waals surface area contributed by atoms with Crippen molar-refractivity contribution in [3.8, 4) is 0 Å². The Morgan fingerprint density at radius 3 is 2.00 bits per heavy atom. The summed E-state index contributed by atoms with van der Waals surface area (Å²) in [6.45, 7) is 13.3. The SMILES string of the molecule is CCC[c-]1ccc2cc3c(cc21)CCC3.Cc1c(C)c(C)[c-](C)c1C.[Hf]. The molecule has 0 aliphatic heterocycles. The van der Waals surface area contributed by atoms with Crippen molar-refractivity contribution in [2.24, 2.45) is 0 Å². The van der Waals surface area contributed by atoms with Gasteiger partial charge in [-0.15, -0.1) is 34.5 Å². The maximum Gasteiger partial charge on any atom is 0 e. The molecule has 0 saturated heterocycles. The average Bonchev–Trinajstić information content (AvgIpc) is 3.27. The van der Waals surface area contributed by atoms with Crippen molar-refractivity contribution in [1.82, 2.24) is 0 Å². The first-order valence-corrected chi connectivity index (χ1v) is 9.83. The fourth-order valence-corrected chi connectivity index (χ4v) is 4.23. The molecular weight excluding hydrogens is 479 g/mol. The molecule has 1 aliphatic rings. The molecule has 0 amide bonds. The molecule has 0 spiro atoms. The second-order valence-electron chi connectivity index (χ2n) is 7.80. The molecule has 0 saturated carbocycles. The topological polar surface area (TPSA) is 0 Å². The second-order valence-corrected chi connectivity index (χ2v) is 7.80. The normalized spacial score (nSPS) is 12.5. The summed E-state index contributed by atoms with van der Waals surface area (Å²) in [6.07, 6.45) is 6.41. The van der Waals surface area contributed by atoms with Crippen LogP contribution in [0.2, 0.25) is 0 Å². The Balaban J connectivity index is 0.000000195. The molecule has 0 nitrogen and oxygen atoms in total. The van der Waals surface area contributed by atoms with Gasteiger partial charge in [-0.1, -0.05) is 65.5 Å². The fraction of sp³-hybridized carbons (Fsp3) is 0.440. The first-order chi connectivity index (χ1) is 11.9. The van der Waals surface area contributed by atoms with Crippen molar-refractivity contribution >= 4 is 10.8 Å². The van der Waals surface area contributed by atoms with Gasteiger partial charge in [0.25, 0.3) is 0 Å². The van der Waals surface area contributed by atoms with E-state index >= 15 is 0 Å². The molecule has 0 atom stereocenters. The first kappa shape index (κ1) is 21.4. The van der Waals surface area contributed by atoms with E-state index in [9.17, 15) is 0 Å². The third-order valence-electron chi connectivity index (χ3n) is 6.41. The molecule has 0 bridgehead atoms. The average molecular weight is 511 g/mol. The van der Waals surface area contributed by atoms with Crippen molar-refractivity contribution in [3.63, 3.8) is 0 Å². The van der Waals surface area contributed by atoms with Gasteiger partial charge in [-0.3, -0.25) is 0 Å². The van der Waals surface area contributed by atoms with E-state index in [1.54, 1.807) is 16.7 Å². The van der Waals surface area contributed by atoms with E-state index in [1.165, 1.54) is 70.7 Å². The molecule has 26 heavy (non-hydrogen) atoms. The molecule has 0 radical (unpaired) electrons. The van der Waals surface area contributed by atoms with Crippen LogP contribution in [0.3, 0.4) is 0 Å². The van der Waals surface area contributed by atoms with Crippen molar-refractivity contribution in [3.05, 3.63) is 68.8 Å². The molecule has 0 heterocycles. The Morgan fingerprint density at radius 2 is 1.50 bits per heavy atom. The van der Waals surface area contributed by atoms with E-state index in [4.69, 9.17) is 0 Å². The predicted octanol–water partition coefficient (Wildman–Crippen LogP) is 6.95. The van der Waals surface area contributed by atoms with E-state index in [0.29, 0.717) is 0 Å². The summed E-state index contributed by atoms with van der Waals surface area (Å²) in [5, 5.41) is 2.97. The molecule has 0 unspecified atom stereocenters. The quantitative estimate of drug-likeness (QED) is 0.258. The van der Waals surface area contributed by atoms with Gasteiger partial charge in [0.2, 0.25) is 0 Å².